The van der Waals surface area contributed by atoms with E-state index >= 15 is 0 Å². The minimum absolute atomic E-state index is 0.221. The normalized spacial score (nSPS) is 12.5. The SMILES string of the molecule is CC/C(=N/N=C(C)c1nn(C)c2ccccc12)OCc1c(C)cccc1-n1nnn(C)c1=O. The van der Waals surface area contributed by atoms with Crippen LogP contribution in [-0.2, 0) is 25.4 Å². The van der Waals surface area contributed by atoms with E-state index in [2.05, 4.69) is 25.7 Å². The summed E-state index contributed by atoms with van der Waals surface area (Å²) in [7, 11) is 3.47. The number of aryl methyl sites for hydroxylation is 3. The highest BCUT2D eigenvalue weighted by Gasteiger charge is 2.14. The third kappa shape index (κ3) is 4.32. The summed E-state index contributed by atoms with van der Waals surface area (Å²) in [4.78, 5) is 12.3. The topological polar surface area (TPSA) is 104 Å². The number of para-hydroxylation sites is 1. The number of fused-ring (bicyclic) bond motifs is 1. The van der Waals surface area contributed by atoms with Gasteiger partial charge in [-0.1, -0.05) is 37.3 Å². The number of hydrogen-bond donors (Lipinski definition) is 0. The molecule has 2 aromatic heterocycles. The van der Waals surface area contributed by atoms with Crippen LogP contribution < -0.4 is 5.69 Å². The summed E-state index contributed by atoms with van der Waals surface area (Å²) < 4.78 is 10.3. The number of aromatic nitrogens is 6. The van der Waals surface area contributed by atoms with Crippen molar-refractivity contribution >= 4 is 22.5 Å². The molecule has 4 aromatic rings. The lowest BCUT2D eigenvalue weighted by atomic mass is 10.1. The van der Waals surface area contributed by atoms with Crippen molar-refractivity contribution in [3.05, 3.63) is 69.8 Å². The Hall–Kier alpha value is -4.08. The first kappa shape index (κ1) is 22.1. The van der Waals surface area contributed by atoms with Crippen molar-refractivity contribution in [3.63, 3.8) is 0 Å². The van der Waals surface area contributed by atoms with Crippen LogP contribution in [0.5, 0.6) is 0 Å². The Balaban J connectivity index is 1.59. The number of hydrogen-bond acceptors (Lipinski definition) is 7. The first-order valence-corrected chi connectivity index (χ1v) is 10.6. The van der Waals surface area contributed by atoms with Gasteiger partial charge in [0.15, 0.2) is 0 Å². The predicted molar refractivity (Wildman–Crippen MR) is 127 cm³/mol. The van der Waals surface area contributed by atoms with Gasteiger partial charge >= 0.3 is 5.69 Å². The van der Waals surface area contributed by atoms with Crippen LogP contribution in [0, 0.1) is 6.92 Å². The van der Waals surface area contributed by atoms with Crippen LogP contribution in [0.25, 0.3) is 16.6 Å². The standard InChI is InChI=1S/C23H26N8O2/c1-6-21(25-24-16(3)22-17-11-7-8-12-19(17)29(4)26-22)33-14-18-15(2)10-9-13-20(18)31-23(32)30(5)27-28-31/h7-13H,6,14H2,1-5H3/b24-16?,25-21-. The number of ether oxygens (including phenoxy) is 1. The van der Waals surface area contributed by atoms with E-state index in [4.69, 9.17) is 4.74 Å². The van der Waals surface area contributed by atoms with Crippen molar-refractivity contribution in [1.29, 1.82) is 0 Å². The zero-order valence-corrected chi connectivity index (χ0v) is 19.3. The third-order valence-corrected chi connectivity index (χ3v) is 5.43. The molecular weight excluding hydrogens is 420 g/mol. The van der Waals surface area contributed by atoms with Gasteiger partial charge < -0.3 is 4.74 Å². The first-order chi connectivity index (χ1) is 15.9. The number of rotatable bonds is 6. The Labute approximate surface area is 190 Å². The van der Waals surface area contributed by atoms with Crippen LogP contribution in [0.15, 0.2) is 57.5 Å². The smallest absolute Gasteiger partial charge is 0.368 e. The zero-order valence-electron chi connectivity index (χ0n) is 19.3. The monoisotopic (exact) mass is 446 g/mol. The molecule has 0 fully saturated rings. The van der Waals surface area contributed by atoms with E-state index in [0.717, 1.165) is 27.7 Å². The maximum atomic E-state index is 12.3. The second-order valence-electron chi connectivity index (χ2n) is 7.68. The van der Waals surface area contributed by atoms with E-state index in [-0.39, 0.29) is 12.3 Å². The number of tetrazole rings is 1. The average Bonchev–Trinajstić information content (AvgIpc) is 3.33. The molecule has 0 saturated heterocycles. The van der Waals surface area contributed by atoms with Crippen LogP contribution in [0.1, 0.15) is 37.1 Å². The molecule has 0 unspecified atom stereocenters. The van der Waals surface area contributed by atoms with Gasteiger partial charge in [-0.25, -0.2) is 4.79 Å². The number of benzene rings is 2. The van der Waals surface area contributed by atoms with Crippen LogP contribution >= 0.6 is 0 Å². The molecule has 0 aliphatic heterocycles. The molecule has 0 saturated carbocycles. The van der Waals surface area contributed by atoms with Crippen molar-refractivity contribution in [2.45, 2.75) is 33.8 Å². The highest BCUT2D eigenvalue weighted by Crippen LogP contribution is 2.20. The van der Waals surface area contributed by atoms with Crippen molar-refractivity contribution in [1.82, 2.24) is 29.6 Å². The molecule has 0 bridgehead atoms. The molecule has 10 heteroatoms. The van der Waals surface area contributed by atoms with Gasteiger partial charge in [-0.15, -0.1) is 5.10 Å². The van der Waals surface area contributed by atoms with Gasteiger partial charge in [0.25, 0.3) is 0 Å². The van der Waals surface area contributed by atoms with Gasteiger partial charge in [-0.2, -0.15) is 19.6 Å². The summed E-state index contributed by atoms with van der Waals surface area (Å²) in [5.74, 6) is 0.482. The largest absolute Gasteiger partial charge is 0.475 e. The molecule has 0 radical (unpaired) electrons. The second kappa shape index (κ2) is 9.19. The van der Waals surface area contributed by atoms with Gasteiger partial charge in [0, 0.05) is 31.5 Å². The van der Waals surface area contributed by atoms with Crippen molar-refractivity contribution in [2.24, 2.45) is 24.3 Å². The molecule has 33 heavy (non-hydrogen) atoms. The van der Waals surface area contributed by atoms with Gasteiger partial charge in [0.2, 0.25) is 5.90 Å². The summed E-state index contributed by atoms with van der Waals surface area (Å²) in [6, 6.07) is 13.6. The molecular formula is C23H26N8O2. The molecule has 4 rings (SSSR count). The Bertz CT molecular complexity index is 1420. The highest BCUT2D eigenvalue weighted by atomic mass is 16.5. The molecule has 0 amide bonds. The summed E-state index contributed by atoms with van der Waals surface area (Å²) in [6.45, 7) is 6.01. The van der Waals surface area contributed by atoms with Gasteiger partial charge in [-0.3, -0.25) is 4.68 Å². The van der Waals surface area contributed by atoms with Gasteiger partial charge in [0.1, 0.15) is 12.3 Å². The lowest BCUT2D eigenvalue weighted by Crippen LogP contribution is -2.23. The summed E-state index contributed by atoms with van der Waals surface area (Å²) in [6.07, 6.45) is 0.562. The minimum atomic E-state index is -0.325. The van der Waals surface area contributed by atoms with E-state index in [1.54, 1.807) is 7.05 Å². The molecule has 0 atom stereocenters. The lowest BCUT2D eigenvalue weighted by Gasteiger charge is -2.13. The number of nitrogens with zero attached hydrogens (tertiary/aromatic N) is 8. The molecule has 170 valence electrons. The molecule has 0 aliphatic rings. The van der Waals surface area contributed by atoms with Crippen LogP contribution in [0.4, 0.5) is 0 Å². The molecule has 10 nitrogen and oxygen atoms in total. The molecule has 2 aromatic carbocycles. The Morgan fingerprint density at radius 2 is 1.82 bits per heavy atom. The minimum Gasteiger partial charge on any atom is -0.475 e. The molecule has 2 heterocycles. The molecule has 0 aliphatic carbocycles. The fraction of sp³-hybridized carbons (Fsp3) is 0.304. The average molecular weight is 447 g/mol. The quantitative estimate of drug-likeness (QED) is 0.257. The highest BCUT2D eigenvalue weighted by molar-refractivity contribution is 6.07. The molecule has 0 N–H and O–H groups in total. The summed E-state index contributed by atoms with van der Waals surface area (Å²) >= 11 is 0. The summed E-state index contributed by atoms with van der Waals surface area (Å²) in [5, 5.41) is 22.1. The third-order valence-electron chi connectivity index (χ3n) is 5.43. The zero-order chi connectivity index (χ0) is 23.5. The fourth-order valence-corrected chi connectivity index (χ4v) is 3.55. The van der Waals surface area contributed by atoms with Gasteiger partial charge in [0.05, 0.1) is 16.9 Å². The molecule has 0 spiro atoms. The van der Waals surface area contributed by atoms with Crippen LogP contribution in [0.2, 0.25) is 0 Å². The van der Waals surface area contributed by atoms with Gasteiger partial charge in [-0.05, 0) is 42.0 Å². The van der Waals surface area contributed by atoms with E-state index in [1.165, 1.54) is 9.36 Å². The predicted octanol–water partition coefficient (Wildman–Crippen LogP) is 2.91. The Morgan fingerprint density at radius 1 is 1.03 bits per heavy atom. The Kier molecular flexibility index (Phi) is 6.16. The fourth-order valence-electron chi connectivity index (χ4n) is 3.55. The summed E-state index contributed by atoms with van der Waals surface area (Å²) in [5.41, 5.74) is 4.62. The van der Waals surface area contributed by atoms with Crippen molar-refractivity contribution in [3.8, 4) is 5.69 Å². The maximum Gasteiger partial charge on any atom is 0.368 e. The Morgan fingerprint density at radius 3 is 2.55 bits per heavy atom. The van der Waals surface area contributed by atoms with E-state index in [1.807, 2.05) is 75.0 Å². The van der Waals surface area contributed by atoms with Crippen LogP contribution in [0.3, 0.4) is 0 Å². The van der Waals surface area contributed by atoms with Crippen LogP contribution in [-0.4, -0.2) is 41.2 Å². The first-order valence-electron chi connectivity index (χ1n) is 10.6. The lowest BCUT2D eigenvalue weighted by molar-refractivity contribution is 0.282. The van der Waals surface area contributed by atoms with E-state index < -0.39 is 0 Å². The van der Waals surface area contributed by atoms with E-state index in [0.29, 0.717) is 23.7 Å². The van der Waals surface area contributed by atoms with E-state index in [9.17, 15) is 4.79 Å². The van der Waals surface area contributed by atoms with Crippen molar-refractivity contribution < 1.29 is 4.74 Å². The van der Waals surface area contributed by atoms with Crippen molar-refractivity contribution in [2.75, 3.05) is 0 Å². The second-order valence-corrected chi connectivity index (χ2v) is 7.68. The maximum absolute atomic E-state index is 12.3.